The summed E-state index contributed by atoms with van der Waals surface area (Å²) in [4.78, 5) is 24.4. The summed E-state index contributed by atoms with van der Waals surface area (Å²) < 4.78 is 0. The molecule has 5 heteroatoms. The van der Waals surface area contributed by atoms with Gasteiger partial charge in [-0.2, -0.15) is 0 Å². The quantitative estimate of drug-likeness (QED) is 0.595. The average molecular weight is 361 g/mol. The molecule has 0 heterocycles. The fraction of sp³-hybridized carbons (Fsp3) is 0.182. The largest absolute Gasteiger partial charge is 0.376 e. The molecule has 3 aromatic carbocycles. The van der Waals surface area contributed by atoms with E-state index in [9.17, 15) is 9.59 Å². The first-order valence-electron chi connectivity index (χ1n) is 9.07. The molecule has 3 N–H and O–H groups in total. The lowest BCUT2D eigenvalue weighted by molar-refractivity contribution is -0.114. The number of amides is 2. The van der Waals surface area contributed by atoms with E-state index in [1.54, 1.807) is 18.2 Å². The van der Waals surface area contributed by atoms with Gasteiger partial charge in [0.15, 0.2) is 0 Å². The maximum atomic E-state index is 12.3. The van der Waals surface area contributed by atoms with Crippen molar-refractivity contribution in [3.63, 3.8) is 0 Å². The van der Waals surface area contributed by atoms with Crippen LogP contribution >= 0.6 is 0 Å². The van der Waals surface area contributed by atoms with Gasteiger partial charge in [-0.15, -0.1) is 0 Å². The van der Waals surface area contributed by atoms with Gasteiger partial charge in [0.25, 0.3) is 5.91 Å². The molecule has 0 aliphatic carbocycles. The van der Waals surface area contributed by atoms with Crippen LogP contribution in [0.4, 0.5) is 11.4 Å². The zero-order valence-electron chi connectivity index (χ0n) is 15.3. The third-order valence-electron chi connectivity index (χ3n) is 4.18. The van der Waals surface area contributed by atoms with Crippen LogP contribution in [-0.2, 0) is 4.79 Å². The standard InChI is InChI=1S/C22H23N3O2/c1-2-13-23-22(27)17-9-5-10-18(14-17)24-15-21(26)25-20-12-6-8-16-7-3-4-11-19(16)20/h3-12,14,24H,2,13,15H2,1H3,(H,23,27)(H,25,26). The summed E-state index contributed by atoms with van der Waals surface area (Å²) in [5.41, 5.74) is 2.09. The third-order valence-corrected chi connectivity index (χ3v) is 4.18. The predicted octanol–water partition coefficient (Wildman–Crippen LogP) is 4.03. The molecule has 0 atom stereocenters. The number of carbonyl (C=O) groups is 2. The molecule has 0 fully saturated rings. The highest BCUT2D eigenvalue weighted by atomic mass is 16.2. The highest BCUT2D eigenvalue weighted by Crippen LogP contribution is 2.22. The Kier molecular flexibility index (Phi) is 6.05. The van der Waals surface area contributed by atoms with Gasteiger partial charge in [-0.3, -0.25) is 9.59 Å². The van der Waals surface area contributed by atoms with Crippen molar-refractivity contribution >= 4 is 34.0 Å². The van der Waals surface area contributed by atoms with E-state index in [0.717, 1.165) is 28.6 Å². The molecule has 0 spiro atoms. The van der Waals surface area contributed by atoms with Crippen LogP contribution in [0.3, 0.4) is 0 Å². The molecule has 3 rings (SSSR count). The van der Waals surface area contributed by atoms with E-state index in [1.807, 2.05) is 55.5 Å². The van der Waals surface area contributed by atoms with Crippen LogP contribution in [0.1, 0.15) is 23.7 Å². The molecule has 27 heavy (non-hydrogen) atoms. The van der Waals surface area contributed by atoms with Crippen LogP contribution in [0.25, 0.3) is 10.8 Å². The molecule has 0 aliphatic heterocycles. The Labute approximate surface area is 158 Å². The average Bonchev–Trinajstić information content (AvgIpc) is 2.71. The minimum Gasteiger partial charge on any atom is -0.376 e. The van der Waals surface area contributed by atoms with Crippen molar-refractivity contribution < 1.29 is 9.59 Å². The number of anilines is 2. The second-order valence-corrected chi connectivity index (χ2v) is 6.27. The Bertz CT molecular complexity index is 948. The van der Waals surface area contributed by atoms with Gasteiger partial charge in [0.05, 0.1) is 6.54 Å². The smallest absolute Gasteiger partial charge is 0.251 e. The topological polar surface area (TPSA) is 70.2 Å². The molecular formula is C22H23N3O2. The molecule has 0 radical (unpaired) electrons. The summed E-state index contributed by atoms with van der Waals surface area (Å²) >= 11 is 0. The second kappa shape index (κ2) is 8.85. The number of benzene rings is 3. The van der Waals surface area contributed by atoms with E-state index >= 15 is 0 Å². The maximum Gasteiger partial charge on any atom is 0.251 e. The van der Waals surface area contributed by atoms with Crippen molar-refractivity contribution in [2.45, 2.75) is 13.3 Å². The SMILES string of the molecule is CCCNC(=O)c1cccc(NCC(=O)Nc2cccc3ccccc23)c1. The number of fused-ring (bicyclic) bond motifs is 1. The Hall–Kier alpha value is -3.34. The van der Waals surface area contributed by atoms with E-state index in [4.69, 9.17) is 0 Å². The van der Waals surface area contributed by atoms with Crippen molar-refractivity contribution in [3.8, 4) is 0 Å². The van der Waals surface area contributed by atoms with Gasteiger partial charge in [-0.1, -0.05) is 49.4 Å². The monoisotopic (exact) mass is 361 g/mol. The molecule has 0 saturated carbocycles. The molecule has 0 bridgehead atoms. The van der Waals surface area contributed by atoms with Crippen molar-refractivity contribution in [1.29, 1.82) is 0 Å². The highest BCUT2D eigenvalue weighted by Gasteiger charge is 2.08. The highest BCUT2D eigenvalue weighted by molar-refractivity contribution is 6.03. The Morgan fingerprint density at radius 3 is 2.56 bits per heavy atom. The lowest BCUT2D eigenvalue weighted by atomic mass is 10.1. The first-order chi connectivity index (χ1) is 13.2. The van der Waals surface area contributed by atoms with Crippen LogP contribution in [-0.4, -0.2) is 24.9 Å². The van der Waals surface area contributed by atoms with E-state index in [0.29, 0.717) is 12.1 Å². The van der Waals surface area contributed by atoms with Gasteiger partial charge in [-0.05, 0) is 36.1 Å². The van der Waals surface area contributed by atoms with Gasteiger partial charge in [0, 0.05) is 28.9 Å². The molecule has 3 aromatic rings. The van der Waals surface area contributed by atoms with Crippen molar-refractivity contribution in [3.05, 3.63) is 72.3 Å². The van der Waals surface area contributed by atoms with Gasteiger partial charge in [-0.25, -0.2) is 0 Å². The zero-order chi connectivity index (χ0) is 19.1. The zero-order valence-corrected chi connectivity index (χ0v) is 15.3. The van der Waals surface area contributed by atoms with Crippen LogP contribution in [0.15, 0.2) is 66.7 Å². The molecular weight excluding hydrogens is 338 g/mol. The molecule has 5 nitrogen and oxygen atoms in total. The summed E-state index contributed by atoms with van der Waals surface area (Å²) in [5.74, 6) is -0.257. The summed E-state index contributed by atoms with van der Waals surface area (Å²) in [6.07, 6.45) is 0.887. The fourth-order valence-corrected chi connectivity index (χ4v) is 2.82. The summed E-state index contributed by atoms with van der Waals surface area (Å²) in [7, 11) is 0. The predicted molar refractivity (Wildman–Crippen MR) is 110 cm³/mol. The molecule has 138 valence electrons. The Morgan fingerprint density at radius 2 is 1.70 bits per heavy atom. The van der Waals surface area contributed by atoms with Gasteiger partial charge in [0.1, 0.15) is 0 Å². The van der Waals surface area contributed by atoms with Gasteiger partial charge >= 0.3 is 0 Å². The van der Waals surface area contributed by atoms with E-state index < -0.39 is 0 Å². The van der Waals surface area contributed by atoms with E-state index in [-0.39, 0.29) is 18.4 Å². The first-order valence-corrected chi connectivity index (χ1v) is 9.07. The number of hydrogen-bond donors (Lipinski definition) is 3. The van der Waals surface area contributed by atoms with Crippen molar-refractivity contribution in [1.82, 2.24) is 5.32 Å². The third kappa shape index (κ3) is 4.85. The molecule has 0 aliphatic rings. The summed E-state index contributed by atoms with van der Waals surface area (Å²) in [6, 6.07) is 20.9. The second-order valence-electron chi connectivity index (χ2n) is 6.27. The molecule has 2 amide bonds. The van der Waals surface area contributed by atoms with Crippen LogP contribution in [0.2, 0.25) is 0 Å². The van der Waals surface area contributed by atoms with Crippen LogP contribution in [0, 0.1) is 0 Å². The lowest BCUT2D eigenvalue weighted by Gasteiger charge is -2.11. The number of nitrogens with one attached hydrogen (secondary N) is 3. The van der Waals surface area contributed by atoms with Gasteiger partial charge < -0.3 is 16.0 Å². The molecule has 0 saturated heterocycles. The lowest BCUT2D eigenvalue weighted by Crippen LogP contribution is -2.24. The summed E-state index contributed by atoms with van der Waals surface area (Å²) in [6.45, 7) is 2.76. The van der Waals surface area contributed by atoms with Gasteiger partial charge in [0.2, 0.25) is 5.91 Å². The van der Waals surface area contributed by atoms with E-state index in [2.05, 4.69) is 16.0 Å². The maximum absolute atomic E-state index is 12.3. The van der Waals surface area contributed by atoms with Crippen LogP contribution < -0.4 is 16.0 Å². The number of hydrogen-bond acceptors (Lipinski definition) is 3. The van der Waals surface area contributed by atoms with Crippen molar-refractivity contribution in [2.75, 3.05) is 23.7 Å². The van der Waals surface area contributed by atoms with Crippen LogP contribution in [0.5, 0.6) is 0 Å². The normalized spacial score (nSPS) is 10.4. The minimum absolute atomic E-state index is 0.110. The van der Waals surface area contributed by atoms with Crippen molar-refractivity contribution in [2.24, 2.45) is 0 Å². The Morgan fingerprint density at radius 1 is 0.926 bits per heavy atom. The van der Waals surface area contributed by atoms with E-state index in [1.165, 1.54) is 0 Å². The number of rotatable bonds is 7. The molecule has 0 aromatic heterocycles. The minimum atomic E-state index is -0.146. The Balaban J connectivity index is 1.61. The fourth-order valence-electron chi connectivity index (χ4n) is 2.82. The number of carbonyl (C=O) groups excluding carboxylic acids is 2. The summed E-state index contributed by atoms with van der Waals surface area (Å²) in [5, 5.41) is 10.9. The first kappa shape index (κ1) is 18.5. The molecule has 0 unspecified atom stereocenters.